The molecule has 2 fully saturated rings. The van der Waals surface area contributed by atoms with E-state index in [4.69, 9.17) is 15.2 Å². The van der Waals surface area contributed by atoms with Gasteiger partial charge in [-0.05, 0) is 49.2 Å². The number of aromatic nitrogens is 3. The van der Waals surface area contributed by atoms with Crippen LogP contribution in [-0.4, -0.2) is 58.7 Å². The first kappa shape index (κ1) is 23.9. The summed E-state index contributed by atoms with van der Waals surface area (Å²) in [6.45, 7) is 1.19. The summed E-state index contributed by atoms with van der Waals surface area (Å²) in [5.74, 6) is -1.93. The number of halogens is 2. The van der Waals surface area contributed by atoms with Crippen LogP contribution in [0.25, 0.3) is 11.1 Å². The van der Waals surface area contributed by atoms with E-state index in [0.29, 0.717) is 36.1 Å². The molecule has 2 aliphatic rings. The minimum atomic E-state index is -2.62. The molecule has 8 nitrogen and oxygen atoms in total. The summed E-state index contributed by atoms with van der Waals surface area (Å²) in [7, 11) is 1.55. The molecule has 2 aromatic heterocycles. The summed E-state index contributed by atoms with van der Waals surface area (Å²) in [5.41, 5.74) is 8.60. The molecule has 1 saturated heterocycles. The molecule has 0 spiro atoms. The highest BCUT2D eigenvalue weighted by Crippen LogP contribution is 2.48. The lowest BCUT2D eigenvalue weighted by Crippen LogP contribution is -2.38. The van der Waals surface area contributed by atoms with Gasteiger partial charge in [0.2, 0.25) is 5.88 Å². The fourth-order valence-electron chi connectivity index (χ4n) is 4.46. The summed E-state index contributed by atoms with van der Waals surface area (Å²) in [6.07, 6.45) is 3.07. The summed E-state index contributed by atoms with van der Waals surface area (Å²) in [4.78, 5) is 19.2. The number of likely N-dealkylation sites (tertiary alicyclic amines) is 1. The lowest BCUT2D eigenvalue weighted by Gasteiger charge is -2.31. The average Bonchev–Trinajstić information content (AvgIpc) is 3.53. The Labute approximate surface area is 207 Å². The van der Waals surface area contributed by atoms with E-state index < -0.39 is 11.8 Å². The number of benzene rings is 1. The quantitative estimate of drug-likeness (QED) is 0.524. The largest absolute Gasteiger partial charge is 0.496 e. The highest BCUT2D eigenvalue weighted by molar-refractivity contribution is 5.95. The maximum Gasteiger partial charge on any atom is 0.255 e. The molecule has 0 bridgehead atoms. The number of nitrogens with two attached hydrogens (primary N) is 1. The van der Waals surface area contributed by atoms with Gasteiger partial charge in [0, 0.05) is 54.4 Å². The van der Waals surface area contributed by atoms with Gasteiger partial charge in [-0.3, -0.25) is 4.79 Å². The highest BCUT2D eigenvalue weighted by Gasteiger charge is 2.57. The van der Waals surface area contributed by atoms with E-state index in [2.05, 4.69) is 15.2 Å². The van der Waals surface area contributed by atoms with Crippen LogP contribution >= 0.6 is 0 Å². The first-order valence-corrected chi connectivity index (χ1v) is 11.9. The van der Waals surface area contributed by atoms with E-state index >= 15 is 0 Å². The molecule has 1 unspecified atom stereocenters. The lowest BCUT2D eigenvalue weighted by molar-refractivity contribution is 0.0711. The average molecular weight is 496 g/mol. The van der Waals surface area contributed by atoms with Crippen LogP contribution in [0.15, 0.2) is 48.7 Å². The topological polar surface area (TPSA) is 103 Å². The van der Waals surface area contributed by atoms with Gasteiger partial charge in [-0.25, -0.2) is 13.8 Å². The third-order valence-electron chi connectivity index (χ3n) is 6.79. The van der Waals surface area contributed by atoms with Gasteiger partial charge in [0.05, 0.1) is 25.3 Å². The van der Waals surface area contributed by atoms with Crippen molar-refractivity contribution >= 4 is 11.7 Å². The van der Waals surface area contributed by atoms with Crippen molar-refractivity contribution in [2.24, 2.45) is 5.92 Å². The minimum absolute atomic E-state index is 0.0515. The van der Waals surface area contributed by atoms with E-state index in [-0.39, 0.29) is 24.9 Å². The van der Waals surface area contributed by atoms with E-state index in [1.165, 1.54) is 0 Å². The molecule has 1 aromatic carbocycles. The van der Waals surface area contributed by atoms with E-state index in [1.54, 1.807) is 43.6 Å². The number of methoxy groups -OCH3 is 1. The monoisotopic (exact) mass is 495 g/mol. The van der Waals surface area contributed by atoms with Crippen molar-refractivity contribution in [3.8, 4) is 22.8 Å². The van der Waals surface area contributed by atoms with E-state index in [1.807, 2.05) is 17.0 Å². The predicted molar refractivity (Wildman–Crippen MR) is 129 cm³/mol. The molecule has 1 aliphatic carbocycles. The first-order chi connectivity index (χ1) is 17.3. The minimum Gasteiger partial charge on any atom is -0.496 e. The molecule has 2 N–H and O–H groups in total. The van der Waals surface area contributed by atoms with Crippen LogP contribution in [0, 0.1) is 5.92 Å². The molecule has 1 saturated carbocycles. The Morgan fingerprint density at radius 3 is 2.53 bits per heavy atom. The van der Waals surface area contributed by atoms with Crippen LogP contribution < -0.4 is 15.2 Å². The molecule has 36 heavy (non-hydrogen) atoms. The molecule has 188 valence electrons. The standard InChI is InChI=1S/C26H27F2N5O3/c1-35-22-12-17(25(34)33-10-8-16(9-11-33)21-5-6-23(29)32-31-21)2-4-20(22)18-3-7-24(30-14-18)36-15-19-13-26(19,27)28/h2-7,12,14,16,19H,8-11,13,15H2,1H3,(H2,29,32). The zero-order chi connectivity index (χ0) is 25.3. The summed E-state index contributed by atoms with van der Waals surface area (Å²) >= 11 is 0. The van der Waals surface area contributed by atoms with Crippen LogP contribution in [0.4, 0.5) is 14.6 Å². The Hall–Kier alpha value is -3.82. The number of hydrogen-bond acceptors (Lipinski definition) is 7. The number of piperidine rings is 1. The smallest absolute Gasteiger partial charge is 0.255 e. The van der Waals surface area contributed by atoms with Crippen molar-refractivity contribution in [1.82, 2.24) is 20.1 Å². The second kappa shape index (κ2) is 9.67. The number of anilines is 1. The van der Waals surface area contributed by atoms with Gasteiger partial charge in [-0.2, -0.15) is 5.10 Å². The number of nitrogen functional groups attached to an aromatic ring is 1. The van der Waals surface area contributed by atoms with Gasteiger partial charge >= 0.3 is 0 Å². The Morgan fingerprint density at radius 1 is 1.14 bits per heavy atom. The van der Waals surface area contributed by atoms with Gasteiger partial charge in [-0.1, -0.05) is 0 Å². The van der Waals surface area contributed by atoms with Crippen LogP contribution in [0.1, 0.15) is 41.2 Å². The van der Waals surface area contributed by atoms with Crippen LogP contribution in [-0.2, 0) is 0 Å². The van der Waals surface area contributed by atoms with Gasteiger partial charge in [0.15, 0.2) is 0 Å². The zero-order valence-corrected chi connectivity index (χ0v) is 19.9. The van der Waals surface area contributed by atoms with E-state index in [0.717, 1.165) is 29.7 Å². The highest BCUT2D eigenvalue weighted by atomic mass is 19.3. The van der Waals surface area contributed by atoms with Crippen LogP contribution in [0.2, 0.25) is 0 Å². The molecule has 5 rings (SSSR count). The fraction of sp³-hybridized carbons (Fsp3) is 0.385. The third kappa shape index (κ3) is 5.07. The van der Waals surface area contributed by atoms with Crippen LogP contribution in [0.3, 0.4) is 0 Å². The van der Waals surface area contributed by atoms with Gasteiger partial charge < -0.3 is 20.1 Å². The molecular weight excluding hydrogens is 468 g/mol. The number of carbonyl (C=O) groups excluding carboxylic acids is 1. The van der Waals surface area contributed by atoms with Gasteiger partial charge in [-0.15, -0.1) is 5.10 Å². The number of rotatable bonds is 7. The lowest BCUT2D eigenvalue weighted by atomic mass is 9.93. The molecule has 3 aromatic rings. The van der Waals surface area contributed by atoms with Crippen molar-refractivity contribution in [3.05, 3.63) is 59.9 Å². The zero-order valence-electron chi connectivity index (χ0n) is 19.9. The number of carbonyl (C=O) groups is 1. The van der Waals surface area contributed by atoms with Crippen LogP contribution in [0.5, 0.6) is 11.6 Å². The molecule has 1 amide bonds. The Balaban J connectivity index is 1.22. The number of nitrogens with zero attached hydrogens (tertiary/aromatic N) is 4. The number of amides is 1. The maximum absolute atomic E-state index is 13.2. The Kier molecular flexibility index (Phi) is 6.42. The molecule has 0 radical (unpaired) electrons. The maximum atomic E-state index is 13.2. The molecule has 1 atom stereocenters. The molecule has 3 heterocycles. The number of alkyl halides is 2. The second-order valence-corrected chi connectivity index (χ2v) is 9.22. The van der Waals surface area contributed by atoms with Crippen molar-refractivity contribution in [1.29, 1.82) is 0 Å². The number of pyridine rings is 1. The molecule has 10 heteroatoms. The first-order valence-electron chi connectivity index (χ1n) is 11.9. The Bertz CT molecular complexity index is 1230. The fourth-order valence-corrected chi connectivity index (χ4v) is 4.46. The van der Waals surface area contributed by atoms with Crippen molar-refractivity contribution in [2.45, 2.75) is 31.1 Å². The van der Waals surface area contributed by atoms with Crippen molar-refractivity contribution in [3.63, 3.8) is 0 Å². The van der Waals surface area contributed by atoms with Gasteiger partial charge in [0.25, 0.3) is 11.8 Å². The summed E-state index contributed by atoms with van der Waals surface area (Å²) in [5, 5.41) is 8.12. The van der Waals surface area contributed by atoms with Crippen molar-refractivity contribution in [2.75, 3.05) is 32.5 Å². The van der Waals surface area contributed by atoms with E-state index in [9.17, 15) is 13.6 Å². The molecular formula is C26H27F2N5O3. The Morgan fingerprint density at radius 2 is 1.92 bits per heavy atom. The third-order valence-corrected chi connectivity index (χ3v) is 6.79. The number of hydrogen-bond donors (Lipinski definition) is 1. The molecule has 1 aliphatic heterocycles. The summed E-state index contributed by atoms with van der Waals surface area (Å²) in [6, 6.07) is 12.4. The van der Waals surface area contributed by atoms with Gasteiger partial charge in [0.1, 0.15) is 11.6 Å². The predicted octanol–water partition coefficient (Wildman–Crippen LogP) is 4.18. The number of ether oxygens (including phenoxy) is 2. The SMILES string of the molecule is COc1cc(C(=O)N2CCC(c3ccc(N)nn3)CC2)ccc1-c1ccc(OCC2CC2(F)F)nc1. The van der Waals surface area contributed by atoms with Crippen molar-refractivity contribution < 1.29 is 23.0 Å². The normalized spacial score (nSPS) is 19.1. The second-order valence-electron chi connectivity index (χ2n) is 9.22. The summed E-state index contributed by atoms with van der Waals surface area (Å²) < 4.78 is 37.0.